The minimum Gasteiger partial charge on any atom is -0.444 e. The van der Waals surface area contributed by atoms with E-state index < -0.39 is 18.2 Å². The van der Waals surface area contributed by atoms with Gasteiger partial charge in [-0.2, -0.15) is 0 Å². The number of ether oxygens (including phenoxy) is 1. The highest BCUT2D eigenvalue weighted by atomic mass is 16.6. The Balaban J connectivity index is 1.51. The number of amides is 2. The topological polar surface area (TPSA) is 87.2 Å². The van der Waals surface area contributed by atoms with Crippen molar-refractivity contribution in [2.75, 3.05) is 20.2 Å². The Morgan fingerprint density at radius 2 is 1.77 bits per heavy atom. The maximum Gasteiger partial charge on any atom is 0.410 e. The summed E-state index contributed by atoms with van der Waals surface area (Å²) in [5, 5.41) is 9.89. The highest BCUT2D eigenvalue weighted by Crippen LogP contribution is 2.46. The van der Waals surface area contributed by atoms with Crippen LogP contribution in [0.5, 0.6) is 0 Å². The molecule has 39 heavy (non-hydrogen) atoms. The molecule has 1 aromatic rings. The molecule has 1 saturated carbocycles. The van der Waals surface area contributed by atoms with Crippen molar-refractivity contribution in [3.05, 3.63) is 41.0 Å². The van der Waals surface area contributed by atoms with Crippen LogP contribution in [0, 0.1) is 17.8 Å². The van der Waals surface area contributed by atoms with Crippen LogP contribution < -0.4 is 0 Å². The number of Topliss-reactive ketones (excluding diaryl/α,β-unsaturated/α-hetero) is 1. The number of rotatable bonds is 7. The van der Waals surface area contributed by atoms with Gasteiger partial charge in [0.1, 0.15) is 12.2 Å². The molecule has 0 aromatic heterocycles. The minimum absolute atomic E-state index is 0.0499. The molecule has 0 radical (unpaired) electrons. The highest BCUT2D eigenvalue weighted by Gasteiger charge is 2.46. The third-order valence-electron chi connectivity index (χ3n) is 8.49. The molecule has 1 aromatic carbocycles. The number of carbonyl (C=O) groups is 3. The van der Waals surface area contributed by atoms with Gasteiger partial charge in [-0.3, -0.25) is 9.59 Å². The van der Waals surface area contributed by atoms with Gasteiger partial charge in [-0.1, -0.05) is 38.1 Å². The molecular weight excluding hydrogens is 492 g/mol. The van der Waals surface area contributed by atoms with Crippen LogP contribution in [0.25, 0.3) is 5.57 Å². The molecule has 1 N–H and O–H groups in total. The Morgan fingerprint density at radius 1 is 1.10 bits per heavy atom. The molecule has 1 aliphatic heterocycles. The van der Waals surface area contributed by atoms with Crippen LogP contribution in [0.3, 0.4) is 0 Å². The second kappa shape index (κ2) is 11.8. The normalized spacial score (nSPS) is 24.9. The number of ketones is 1. The maximum absolute atomic E-state index is 14.2. The smallest absolute Gasteiger partial charge is 0.410 e. The van der Waals surface area contributed by atoms with Crippen molar-refractivity contribution >= 4 is 23.4 Å². The number of fused-ring (bicyclic) bond motifs is 2. The highest BCUT2D eigenvalue weighted by molar-refractivity contribution is 5.95. The van der Waals surface area contributed by atoms with E-state index in [-0.39, 0.29) is 29.7 Å². The van der Waals surface area contributed by atoms with Gasteiger partial charge in [0.15, 0.2) is 5.78 Å². The molecule has 2 amide bonds. The Labute approximate surface area is 233 Å². The average Bonchev–Trinajstić information content (AvgIpc) is 3.25. The summed E-state index contributed by atoms with van der Waals surface area (Å²) in [5.41, 5.74) is 4.39. The summed E-state index contributed by atoms with van der Waals surface area (Å²) < 4.78 is 5.50. The van der Waals surface area contributed by atoms with Crippen molar-refractivity contribution in [1.29, 1.82) is 0 Å². The molecule has 2 atom stereocenters. The summed E-state index contributed by atoms with van der Waals surface area (Å²) >= 11 is 0. The number of aliphatic hydroxyl groups excluding tert-OH is 1. The van der Waals surface area contributed by atoms with Gasteiger partial charge >= 0.3 is 6.09 Å². The fourth-order valence-electron chi connectivity index (χ4n) is 6.68. The molecule has 1 fully saturated rings. The lowest BCUT2D eigenvalue weighted by molar-refractivity contribution is -0.147. The summed E-state index contributed by atoms with van der Waals surface area (Å²) in [6.45, 7) is 9.96. The molecular formula is C32H46N2O5. The predicted molar refractivity (Wildman–Crippen MR) is 152 cm³/mol. The van der Waals surface area contributed by atoms with Crippen LogP contribution in [0.15, 0.2) is 29.8 Å². The van der Waals surface area contributed by atoms with E-state index in [1.54, 1.807) is 11.9 Å². The van der Waals surface area contributed by atoms with Crippen molar-refractivity contribution in [3.63, 3.8) is 0 Å². The molecule has 7 nitrogen and oxygen atoms in total. The van der Waals surface area contributed by atoms with Crippen molar-refractivity contribution in [3.8, 4) is 0 Å². The second-order valence-corrected chi connectivity index (χ2v) is 13.2. The predicted octanol–water partition coefficient (Wildman–Crippen LogP) is 5.25. The van der Waals surface area contributed by atoms with E-state index in [2.05, 4.69) is 26.0 Å². The molecule has 3 aliphatic rings. The number of nitrogens with zero attached hydrogens (tertiary/aromatic N) is 2. The first-order valence-electron chi connectivity index (χ1n) is 14.6. The number of benzene rings is 1. The van der Waals surface area contributed by atoms with Crippen molar-refractivity contribution < 1.29 is 24.2 Å². The second-order valence-electron chi connectivity index (χ2n) is 13.2. The fraction of sp³-hybridized carbons (Fsp3) is 0.656. The van der Waals surface area contributed by atoms with E-state index in [1.165, 1.54) is 22.3 Å². The van der Waals surface area contributed by atoms with E-state index in [0.717, 1.165) is 38.5 Å². The van der Waals surface area contributed by atoms with Gasteiger partial charge in [-0.25, -0.2) is 4.79 Å². The average molecular weight is 539 g/mol. The third-order valence-corrected chi connectivity index (χ3v) is 8.49. The first-order valence-corrected chi connectivity index (χ1v) is 14.6. The zero-order valence-corrected chi connectivity index (χ0v) is 24.5. The standard InChI is InChI=1S/C32H46N2O5/c1-20(2)15-27-26-16-23-9-7-8-10-24(23)25(26)17-28(29(36)19-35)34(27)30(37)22-13-11-21(12-14-22)18-33(6)31(38)39-32(3,4)5/h7-10,20-22,27-28,35H,11-19H2,1-6H3. The van der Waals surface area contributed by atoms with Crippen molar-refractivity contribution in [2.24, 2.45) is 17.8 Å². The largest absolute Gasteiger partial charge is 0.444 e. The Hall–Kier alpha value is -2.67. The maximum atomic E-state index is 14.2. The van der Waals surface area contributed by atoms with Crippen LogP contribution in [0.4, 0.5) is 4.79 Å². The van der Waals surface area contributed by atoms with Gasteiger partial charge in [-0.05, 0) is 93.4 Å². The lowest BCUT2D eigenvalue weighted by Crippen LogP contribution is -2.56. The lowest BCUT2D eigenvalue weighted by atomic mass is 9.78. The van der Waals surface area contributed by atoms with Gasteiger partial charge in [-0.15, -0.1) is 0 Å². The molecule has 7 heteroatoms. The fourth-order valence-corrected chi connectivity index (χ4v) is 6.68. The molecule has 0 saturated heterocycles. The molecule has 0 bridgehead atoms. The Kier molecular flexibility index (Phi) is 8.89. The van der Waals surface area contributed by atoms with Crippen molar-refractivity contribution in [2.45, 2.75) is 97.2 Å². The molecule has 2 aliphatic carbocycles. The molecule has 1 heterocycles. The van der Waals surface area contributed by atoms with Crippen LogP contribution >= 0.6 is 0 Å². The molecule has 214 valence electrons. The first kappa shape index (κ1) is 29.3. The van der Waals surface area contributed by atoms with E-state index in [0.29, 0.717) is 24.8 Å². The summed E-state index contributed by atoms with van der Waals surface area (Å²) in [5.74, 6) is 0.287. The zero-order chi connectivity index (χ0) is 28.5. The van der Waals surface area contributed by atoms with Crippen LogP contribution in [-0.2, 0) is 20.7 Å². The van der Waals surface area contributed by atoms with E-state index >= 15 is 0 Å². The van der Waals surface area contributed by atoms with Gasteiger partial charge in [0.2, 0.25) is 5.91 Å². The van der Waals surface area contributed by atoms with Gasteiger partial charge < -0.3 is 19.6 Å². The summed E-state index contributed by atoms with van der Waals surface area (Å²) in [7, 11) is 1.77. The zero-order valence-electron chi connectivity index (χ0n) is 24.5. The lowest BCUT2D eigenvalue weighted by Gasteiger charge is -2.45. The minimum atomic E-state index is -0.632. The van der Waals surface area contributed by atoms with Crippen molar-refractivity contribution in [1.82, 2.24) is 9.80 Å². The number of aliphatic hydroxyl groups is 1. The Morgan fingerprint density at radius 3 is 2.38 bits per heavy atom. The molecule has 2 unspecified atom stereocenters. The van der Waals surface area contributed by atoms with Gasteiger partial charge in [0.05, 0.1) is 12.1 Å². The Bertz CT molecular complexity index is 1110. The van der Waals surface area contributed by atoms with Gasteiger partial charge in [0, 0.05) is 25.9 Å². The molecule has 4 rings (SSSR count). The summed E-state index contributed by atoms with van der Waals surface area (Å²) in [4.78, 5) is 43.3. The monoisotopic (exact) mass is 538 g/mol. The first-order chi connectivity index (χ1) is 18.4. The quantitative estimate of drug-likeness (QED) is 0.513. The summed E-state index contributed by atoms with van der Waals surface area (Å²) in [6, 6.07) is 7.58. The number of hydrogen-bond donors (Lipinski definition) is 1. The van der Waals surface area contributed by atoms with E-state index in [1.807, 2.05) is 37.8 Å². The molecule has 0 spiro atoms. The SMILES string of the molecule is CC(C)CC1C2=C(CC(C(=O)CO)N1C(=O)C1CCC(CN(C)C(=O)OC(C)(C)C)CC1)c1ccccc1C2. The van der Waals surface area contributed by atoms with Crippen LogP contribution in [0.2, 0.25) is 0 Å². The van der Waals surface area contributed by atoms with E-state index in [4.69, 9.17) is 4.74 Å². The van der Waals surface area contributed by atoms with E-state index in [9.17, 15) is 19.5 Å². The van der Waals surface area contributed by atoms with Crippen LogP contribution in [-0.4, -0.2) is 70.6 Å². The van der Waals surface area contributed by atoms with Gasteiger partial charge in [0.25, 0.3) is 0 Å². The number of hydrogen-bond acceptors (Lipinski definition) is 5. The van der Waals surface area contributed by atoms with Crippen LogP contribution in [0.1, 0.15) is 84.3 Å². The summed E-state index contributed by atoms with van der Waals surface area (Å²) in [6.07, 6.45) is 4.94. The number of carbonyl (C=O) groups excluding carboxylic acids is 3. The third kappa shape index (κ3) is 6.56.